The lowest BCUT2D eigenvalue weighted by Crippen LogP contribution is -2.04. The van der Waals surface area contributed by atoms with E-state index in [0.29, 0.717) is 0 Å². The Bertz CT molecular complexity index is 773. The molecule has 0 aliphatic heterocycles. The molecule has 2 N–H and O–H groups in total. The van der Waals surface area contributed by atoms with Crippen LogP contribution in [0.1, 0.15) is 0 Å². The highest BCUT2D eigenvalue weighted by Gasteiger charge is 2.22. The maximum absolute atomic E-state index is 12.8. The summed E-state index contributed by atoms with van der Waals surface area (Å²) < 4.78 is 37.3. The van der Waals surface area contributed by atoms with Gasteiger partial charge in [-0.2, -0.15) is 0 Å². The van der Waals surface area contributed by atoms with E-state index < -0.39 is 26.3 Å². The fourth-order valence-electron chi connectivity index (χ4n) is 1.60. The van der Waals surface area contributed by atoms with Crippen molar-refractivity contribution in [2.75, 3.05) is 5.73 Å². The van der Waals surface area contributed by atoms with Crippen LogP contribution in [-0.2, 0) is 9.84 Å². The largest absolute Gasteiger partial charge is 0.393 e. The summed E-state index contributed by atoms with van der Waals surface area (Å²) in [5.74, 6) is -0.577. The quantitative estimate of drug-likeness (QED) is 0.404. The van der Waals surface area contributed by atoms with Crippen LogP contribution in [0, 0.1) is 15.9 Å². The molecule has 0 aromatic heterocycles. The number of anilines is 1. The van der Waals surface area contributed by atoms with Crippen molar-refractivity contribution in [3.63, 3.8) is 0 Å². The van der Waals surface area contributed by atoms with Crippen molar-refractivity contribution in [2.24, 2.45) is 0 Å². The predicted octanol–water partition coefficient (Wildman–Crippen LogP) is 2.15. The van der Waals surface area contributed by atoms with Gasteiger partial charge in [-0.25, -0.2) is 12.8 Å². The topological polar surface area (TPSA) is 103 Å². The van der Waals surface area contributed by atoms with Gasteiger partial charge in [-0.05, 0) is 36.4 Å². The van der Waals surface area contributed by atoms with Crippen molar-refractivity contribution < 1.29 is 17.7 Å². The molecule has 0 radical (unpaired) electrons. The van der Waals surface area contributed by atoms with E-state index in [1.807, 2.05) is 0 Å². The number of nitrogens with two attached hydrogens (primary N) is 1. The van der Waals surface area contributed by atoms with Gasteiger partial charge in [0.1, 0.15) is 11.5 Å². The maximum atomic E-state index is 12.8. The number of nitro benzene ring substituents is 1. The van der Waals surface area contributed by atoms with Crippen molar-refractivity contribution in [1.82, 2.24) is 0 Å². The van der Waals surface area contributed by atoms with Gasteiger partial charge in [0.05, 0.1) is 14.7 Å². The Kier molecular flexibility index (Phi) is 3.41. The molecule has 2 aromatic rings. The van der Waals surface area contributed by atoms with Crippen molar-refractivity contribution in [1.29, 1.82) is 0 Å². The number of sulfone groups is 1. The van der Waals surface area contributed by atoms with Crippen molar-refractivity contribution in [2.45, 2.75) is 9.79 Å². The first kappa shape index (κ1) is 13.9. The first-order valence-corrected chi connectivity index (χ1v) is 6.85. The predicted molar refractivity (Wildman–Crippen MR) is 69.4 cm³/mol. The number of halogens is 1. The Morgan fingerprint density at radius 2 is 1.60 bits per heavy atom. The number of nitrogens with zero attached hydrogens (tertiary/aromatic N) is 1. The van der Waals surface area contributed by atoms with Gasteiger partial charge in [0.15, 0.2) is 0 Å². The van der Waals surface area contributed by atoms with E-state index in [9.17, 15) is 22.9 Å². The Labute approximate surface area is 113 Å². The lowest BCUT2D eigenvalue weighted by Gasteiger charge is -2.05. The van der Waals surface area contributed by atoms with E-state index in [0.717, 1.165) is 36.4 Å². The third-order valence-electron chi connectivity index (χ3n) is 2.63. The summed E-state index contributed by atoms with van der Waals surface area (Å²) in [6, 6.07) is 7.38. The number of nitro groups is 1. The monoisotopic (exact) mass is 296 g/mol. The molecular formula is C12H9FN2O4S. The van der Waals surface area contributed by atoms with E-state index in [-0.39, 0.29) is 15.5 Å². The molecule has 104 valence electrons. The Morgan fingerprint density at radius 3 is 2.15 bits per heavy atom. The fourth-order valence-corrected chi connectivity index (χ4v) is 2.88. The number of nitrogen functional groups attached to an aromatic ring is 1. The van der Waals surface area contributed by atoms with Crippen LogP contribution < -0.4 is 5.73 Å². The average Bonchev–Trinajstić information content (AvgIpc) is 2.39. The van der Waals surface area contributed by atoms with E-state index in [2.05, 4.69) is 0 Å². The molecule has 0 spiro atoms. The molecule has 0 unspecified atom stereocenters. The second kappa shape index (κ2) is 4.89. The molecule has 0 bridgehead atoms. The molecule has 0 aliphatic carbocycles. The summed E-state index contributed by atoms with van der Waals surface area (Å²) in [6.45, 7) is 0. The van der Waals surface area contributed by atoms with Crippen LogP contribution >= 0.6 is 0 Å². The molecule has 2 aromatic carbocycles. The molecule has 0 saturated heterocycles. The zero-order chi connectivity index (χ0) is 14.9. The molecule has 0 saturated carbocycles. The van der Waals surface area contributed by atoms with Crippen molar-refractivity contribution >= 4 is 21.2 Å². The van der Waals surface area contributed by atoms with Crippen LogP contribution in [0.3, 0.4) is 0 Å². The maximum Gasteiger partial charge on any atom is 0.293 e. The van der Waals surface area contributed by atoms with Gasteiger partial charge in [-0.15, -0.1) is 0 Å². The summed E-state index contributed by atoms with van der Waals surface area (Å²) in [4.78, 5) is 9.57. The van der Waals surface area contributed by atoms with Crippen LogP contribution in [0.2, 0.25) is 0 Å². The van der Waals surface area contributed by atoms with Crippen molar-refractivity contribution in [3.05, 3.63) is 58.4 Å². The first-order valence-electron chi connectivity index (χ1n) is 5.37. The number of hydrogen-bond acceptors (Lipinski definition) is 5. The standard InChI is InChI=1S/C12H9FN2O4S/c13-8-1-3-9(4-2-8)20(18,19)10-5-6-11(14)12(7-10)15(16)17/h1-7H,14H2. The van der Waals surface area contributed by atoms with Crippen LogP contribution in [0.15, 0.2) is 52.3 Å². The minimum absolute atomic E-state index is 0.131. The van der Waals surface area contributed by atoms with Crippen LogP contribution in [-0.4, -0.2) is 13.3 Å². The summed E-state index contributed by atoms with van der Waals surface area (Å²) >= 11 is 0. The van der Waals surface area contributed by atoms with Crippen LogP contribution in [0.25, 0.3) is 0 Å². The van der Waals surface area contributed by atoms with Crippen LogP contribution in [0.4, 0.5) is 15.8 Å². The molecule has 0 aliphatic rings. The number of rotatable bonds is 3. The first-order chi connectivity index (χ1) is 9.32. The number of benzene rings is 2. The lowest BCUT2D eigenvalue weighted by molar-refractivity contribution is -0.384. The van der Waals surface area contributed by atoms with Gasteiger partial charge in [0.2, 0.25) is 9.84 Å². The third-order valence-corrected chi connectivity index (χ3v) is 4.40. The number of hydrogen-bond donors (Lipinski definition) is 1. The van der Waals surface area contributed by atoms with Gasteiger partial charge >= 0.3 is 0 Å². The Morgan fingerprint density at radius 1 is 1.05 bits per heavy atom. The van der Waals surface area contributed by atoms with Gasteiger partial charge < -0.3 is 5.73 Å². The molecule has 8 heteroatoms. The SMILES string of the molecule is Nc1ccc(S(=O)(=O)c2ccc(F)cc2)cc1[N+](=O)[O-]. The van der Waals surface area contributed by atoms with E-state index in [1.165, 1.54) is 6.07 Å². The summed E-state index contributed by atoms with van der Waals surface area (Å²) in [5.41, 5.74) is 4.78. The van der Waals surface area contributed by atoms with E-state index in [1.54, 1.807) is 0 Å². The van der Waals surface area contributed by atoms with E-state index in [4.69, 9.17) is 5.73 Å². The average molecular weight is 296 g/mol. The molecule has 20 heavy (non-hydrogen) atoms. The highest BCUT2D eigenvalue weighted by Crippen LogP contribution is 2.28. The lowest BCUT2D eigenvalue weighted by atomic mass is 10.3. The zero-order valence-corrected chi connectivity index (χ0v) is 10.8. The molecule has 6 nitrogen and oxygen atoms in total. The molecule has 0 amide bonds. The Balaban J connectivity index is 2.58. The molecule has 0 atom stereocenters. The van der Waals surface area contributed by atoms with E-state index >= 15 is 0 Å². The van der Waals surface area contributed by atoms with Crippen LogP contribution in [0.5, 0.6) is 0 Å². The van der Waals surface area contributed by atoms with Gasteiger partial charge in [-0.3, -0.25) is 10.1 Å². The Hall–Kier alpha value is -2.48. The highest BCUT2D eigenvalue weighted by atomic mass is 32.2. The van der Waals surface area contributed by atoms with Gasteiger partial charge in [0.25, 0.3) is 5.69 Å². The third kappa shape index (κ3) is 2.45. The molecule has 0 fully saturated rings. The van der Waals surface area contributed by atoms with Gasteiger partial charge in [-0.1, -0.05) is 0 Å². The van der Waals surface area contributed by atoms with Gasteiger partial charge in [0, 0.05) is 6.07 Å². The summed E-state index contributed by atoms with van der Waals surface area (Å²) in [5, 5.41) is 10.8. The second-order valence-corrected chi connectivity index (χ2v) is 5.88. The minimum atomic E-state index is -3.96. The fraction of sp³-hybridized carbons (Fsp3) is 0. The summed E-state index contributed by atoms with van der Waals surface area (Å²) in [6.07, 6.45) is 0. The zero-order valence-electron chi connectivity index (χ0n) is 9.99. The van der Waals surface area contributed by atoms with Crippen molar-refractivity contribution in [3.8, 4) is 0 Å². The smallest absolute Gasteiger partial charge is 0.293 e. The molecule has 2 rings (SSSR count). The molecule has 0 heterocycles. The summed E-state index contributed by atoms with van der Waals surface area (Å²) in [7, 11) is -3.96. The molecular weight excluding hydrogens is 287 g/mol. The minimum Gasteiger partial charge on any atom is -0.393 e. The second-order valence-electron chi connectivity index (χ2n) is 3.94. The normalized spacial score (nSPS) is 11.2. The highest BCUT2D eigenvalue weighted by molar-refractivity contribution is 7.91.